The molecule has 3 aliphatic carbocycles. The number of oxime groups is 1. The van der Waals surface area contributed by atoms with E-state index in [1.807, 2.05) is 11.8 Å². The topological polar surface area (TPSA) is 52.9 Å². The molecule has 4 rings (SSSR count). The summed E-state index contributed by atoms with van der Waals surface area (Å²) < 4.78 is 0. The summed E-state index contributed by atoms with van der Waals surface area (Å²) >= 11 is 0. The van der Waals surface area contributed by atoms with Crippen molar-refractivity contribution >= 4 is 11.6 Å². The Balaban J connectivity index is 1.43. The second-order valence-corrected chi connectivity index (χ2v) is 7.04. The molecule has 1 N–H and O–H groups in total. The summed E-state index contributed by atoms with van der Waals surface area (Å²) in [7, 11) is 0. The fraction of sp³-hybridized carbons (Fsp3) is 0.867. The summed E-state index contributed by atoms with van der Waals surface area (Å²) in [5, 5.41) is 12.3. The van der Waals surface area contributed by atoms with Crippen LogP contribution in [0, 0.1) is 35.5 Å². The normalized spacial score (nSPS) is 49.5. The lowest BCUT2D eigenvalue weighted by molar-refractivity contribution is -0.134. The van der Waals surface area contributed by atoms with E-state index in [0.717, 1.165) is 48.9 Å². The van der Waals surface area contributed by atoms with Crippen LogP contribution in [0.1, 0.15) is 32.6 Å². The first kappa shape index (κ1) is 11.7. The van der Waals surface area contributed by atoms with Crippen LogP contribution in [0.5, 0.6) is 0 Å². The molecule has 4 fully saturated rings. The van der Waals surface area contributed by atoms with E-state index < -0.39 is 0 Å². The molecular weight excluding hydrogens is 240 g/mol. The molecule has 0 aromatic carbocycles. The van der Waals surface area contributed by atoms with Crippen LogP contribution in [-0.4, -0.2) is 34.8 Å². The molecule has 3 saturated carbocycles. The highest BCUT2D eigenvalue weighted by Crippen LogP contribution is 2.69. The van der Waals surface area contributed by atoms with Crippen LogP contribution in [0.3, 0.4) is 0 Å². The predicted molar refractivity (Wildman–Crippen MR) is 70.9 cm³/mol. The molecule has 0 aromatic heterocycles. The minimum absolute atomic E-state index is 0.206. The van der Waals surface area contributed by atoms with E-state index in [0.29, 0.717) is 11.8 Å². The maximum atomic E-state index is 12.7. The summed E-state index contributed by atoms with van der Waals surface area (Å²) in [6.45, 7) is 3.53. The molecule has 5 unspecified atom stereocenters. The van der Waals surface area contributed by atoms with E-state index in [2.05, 4.69) is 5.16 Å². The van der Waals surface area contributed by atoms with Crippen LogP contribution in [0.25, 0.3) is 0 Å². The highest BCUT2D eigenvalue weighted by Gasteiger charge is 2.68. The van der Waals surface area contributed by atoms with Crippen molar-refractivity contribution in [2.75, 3.05) is 13.1 Å². The van der Waals surface area contributed by atoms with Gasteiger partial charge in [0.15, 0.2) is 0 Å². The van der Waals surface area contributed by atoms with Gasteiger partial charge in [-0.3, -0.25) is 4.79 Å². The second kappa shape index (κ2) is 3.97. The molecule has 0 radical (unpaired) electrons. The number of rotatable bonds is 1. The minimum atomic E-state index is 0.206. The Hall–Kier alpha value is -1.06. The number of hydrogen-bond donors (Lipinski definition) is 1. The first-order chi connectivity index (χ1) is 9.20. The van der Waals surface area contributed by atoms with E-state index in [4.69, 9.17) is 5.21 Å². The SMILES string of the molecule is CC1CN(C(=O)C2C3C4CCC(C4)C23)CCC1=NO. The molecule has 0 spiro atoms. The Morgan fingerprint density at radius 1 is 1.32 bits per heavy atom. The average Bonchev–Trinajstić information content (AvgIpc) is 2.85. The van der Waals surface area contributed by atoms with Crippen molar-refractivity contribution in [3.05, 3.63) is 0 Å². The van der Waals surface area contributed by atoms with Gasteiger partial charge in [0.05, 0.1) is 5.71 Å². The third kappa shape index (κ3) is 1.58. The number of hydrogen-bond acceptors (Lipinski definition) is 3. The van der Waals surface area contributed by atoms with Gasteiger partial charge in [0, 0.05) is 31.3 Å². The lowest BCUT2D eigenvalue weighted by atomic mass is 9.96. The molecule has 4 nitrogen and oxygen atoms in total. The van der Waals surface area contributed by atoms with Crippen LogP contribution in [-0.2, 0) is 4.79 Å². The summed E-state index contributed by atoms with van der Waals surface area (Å²) in [4.78, 5) is 14.7. The van der Waals surface area contributed by atoms with Gasteiger partial charge >= 0.3 is 0 Å². The van der Waals surface area contributed by atoms with Crippen LogP contribution in [0.4, 0.5) is 0 Å². The molecule has 104 valence electrons. The first-order valence-electron chi connectivity index (χ1n) is 7.70. The molecule has 4 heteroatoms. The smallest absolute Gasteiger partial charge is 0.226 e. The summed E-state index contributed by atoms with van der Waals surface area (Å²) in [5.41, 5.74) is 0.847. The maximum Gasteiger partial charge on any atom is 0.226 e. The van der Waals surface area contributed by atoms with Crippen molar-refractivity contribution in [3.8, 4) is 0 Å². The third-order valence-electron chi connectivity index (χ3n) is 6.16. The Morgan fingerprint density at radius 2 is 2.00 bits per heavy atom. The number of fused-ring (bicyclic) bond motifs is 5. The Kier molecular flexibility index (Phi) is 2.45. The number of carbonyl (C=O) groups is 1. The van der Waals surface area contributed by atoms with Gasteiger partial charge in [-0.1, -0.05) is 12.1 Å². The third-order valence-corrected chi connectivity index (χ3v) is 6.16. The Bertz CT molecular complexity index is 431. The average molecular weight is 262 g/mol. The highest BCUT2D eigenvalue weighted by molar-refractivity contribution is 5.90. The van der Waals surface area contributed by atoms with Crippen molar-refractivity contribution in [2.24, 2.45) is 40.7 Å². The van der Waals surface area contributed by atoms with E-state index in [-0.39, 0.29) is 5.92 Å². The zero-order valence-electron chi connectivity index (χ0n) is 11.5. The number of amides is 1. The zero-order chi connectivity index (χ0) is 13.1. The number of piperidine rings is 1. The van der Waals surface area contributed by atoms with Crippen molar-refractivity contribution in [1.29, 1.82) is 0 Å². The summed E-state index contributed by atoms with van der Waals surface area (Å²) in [5.74, 6) is 4.14. The van der Waals surface area contributed by atoms with Crippen LogP contribution < -0.4 is 0 Å². The maximum absolute atomic E-state index is 12.7. The molecule has 0 aromatic rings. The van der Waals surface area contributed by atoms with Gasteiger partial charge in [-0.05, 0) is 42.9 Å². The van der Waals surface area contributed by atoms with Gasteiger partial charge in [-0.2, -0.15) is 0 Å². The molecule has 2 bridgehead atoms. The zero-order valence-corrected chi connectivity index (χ0v) is 11.5. The monoisotopic (exact) mass is 262 g/mol. The number of nitrogens with zero attached hydrogens (tertiary/aromatic N) is 2. The van der Waals surface area contributed by atoms with Crippen molar-refractivity contribution in [2.45, 2.75) is 32.6 Å². The predicted octanol–water partition coefficient (Wildman–Crippen LogP) is 1.98. The molecule has 1 heterocycles. The molecule has 1 amide bonds. The molecular formula is C15H22N2O2. The molecule has 4 aliphatic rings. The van der Waals surface area contributed by atoms with E-state index >= 15 is 0 Å². The largest absolute Gasteiger partial charge is 0.411 e. The number of carbonyl (C=O) groups excluding carboxylic acids is 1. The van der Waals surface area contributed by atoms with Crippen LogP contribution in [0.2, 0.25) is 0 Å². The van der Waals surface area contributed by atoms with Crippen molar-refractivity contribution in [3.63, 3.8) is 0 Å². The van der Waals surface area contributed by atoms with Crippen molar-refractivity contribution in [1.82, 2.24) is 4.90 Å². The lowest BCUT2D eigenvalue weighted by Gasteiger charge is -2.32. The fourth-order valence-corrected chi connectivity index (χ4v) is 5.24. The Morgan fingerprint density at radius 3 is 2.58 bits per heavy atom. The highest BCUT2D eigenvalue weighted by atomic mass is 16.4. The summed E-state index contributed by atoms with van der Waals surface area (Å²) in [6.07, 6.45) is 4.87. The van der Waals surface area contributed by atoms with Gasteiger partial charge in [-0.25, -0.2) is 0 Å². The van der Waals surface area contributed by atoms with Gasteiger partial charge in [0.1, 0.15) is 0 Å². The van der Waals surface area contributed by atoms with Crippen LogP contribution in [0.15, 0.2) is 5.16 Å². The van der Waals surface area contributed by atoms with E-state index in [1.54, 1.807) is 0 Å². The first-order valence-corrected chi connectivity index (χ1v) is 7.70. The number of likely N-dealkylation sites (tertiary alicyclic amines) is 1. The van der Waals surface area contributed by atoms with E-state index in [9.17, 15) is 4.79 Å². The Labute approximate surface area is 113 Å². The standard InChI is InChI=1S/C15H22N2O2/c1-8-7-17(5-4-11(8)16-19)15(18)14-12-9-2-3-10(6-9)13(12)14/h8-10,12-14,19H,2-7H2,1H3. The van der Waals surface area contributed by atoms with Crippen LogP contribution >= 0.6 is 0 Å². The van der Waals surface area contributed by atoms with Gasteiger partial charge < -0.3 is 10.1 Å². The van der Waals surface area contributed by atoms with Crippen molar-refractivity contribution < 1.29 is 10.0 Å². The van der Waals surface area contributed by atoms with E-state index in [1.165, 1.54) is 19.3 Å². The minimum Gasteiger partial charge on any atom is -0.411 e. The van der Waals surface area contributed by atoms with Gasteiger partial charge in [-0.15, -0.1) is 0 Å². The second-order valence-electron chi connectivity index (χ2n) is 7.04. The molecule has 1 aliphatic heterocycles. The molecule has 5 atom stereocenters. The molecule has 1 saturated heterocycles. The fourth-order valence-electron chi connectivity index (χ4n) is 5.24. The molecule has 19 heavy (non-hydrogen) atoms. The summed E-state index contributed by atoms with van der Waals surface area (Å²) in [6, 6.07) is 0. The quantitative estimate of drug-likeness (QED) is 0.580. The van der Waals surface area contributed by atoms with Gasteiger partial charge in [0.2, 0.25) is 5.91 Å². The lowest BCUT2D eigenvalue weighted by Crippen LogP contribution is -2.44. The van der Waals surface area contributed by atoms with Gasteiger partial charge in [0.25, 0.3) is 0 Å².